The molecule has 3 N–H and O–H groups in total. The number of hydrogen-bond donors (Lipinski definition) is 2. The number of anilines is 1. The van der Waals surface area contributed by atoms with E-state index in [9.17, 15) is 9.50 Å². The average molecular weight is 240 g/mol. The minimum absolute atomic E-state index is 0.0593. The normalized spacial score (nSPS) is 13.6. The molecule has 0 fully saturated rings. The molecule has 0 radical (unpaired) electrons. The summed E-state index contributed by atoms with van der Waals surface area (Å²) in [5.74, 6) is -0.316. The molecule has 1 atom stereocenters. The molecule has 1 aromatic rings. The summed E-state index contributed by atoms with van der Waals surface area (Å²) in [5.41, 5.74) is 6.52. The number of nitrogens with two attached hydrogens (primary N) is 1. The van der Waals surface area contributed by atoms with Crippen LogP contribution >= 0.6 is 0 Å². The Hall–Kier alpha value is -1.13. The van der Waals surface area contributed by atoms with Crippen molar-refractivity contribution >= 4 is 5.69 Å². The van der Waals surface area contributed by atoms with E-state index < -0.39 is 5.54 Å². The van der Waals surface area contributed by atoms with E-state index in [2.05, 4.69) is 0 Å². The molecule has 0 bridgehead atoms. The lowest BCUT2D eigenvalue weighted by atomic mass is 9.99. The van der Waals surface area contributed by atoms with Gasteiger partial charge in [-0.2, -0.15) is 0 Å². The largest absolute Gasteiger partial charge is 0.394 e. The first kappa shape index (κ1) is 13.9. The van der Waals surface area contributed by atoms with Crippen LogP contribution in [-0.2, 0) is 0 Å². The Kier molecular flexibility index (Phi) is 4.11. The van der Waals surface area contributed by atoms with Gasteiger partial charge >= 0.3 is 0 Å². The van der Waals surface area contributed by atoms with Crippen molar-refractivity contribution < 1.29 is 9.50 Å². The van der Waals surface area contributed by atoms with Crippen molar-refractivity contribution in [1.29, 1.82) is 0 Å². The molecule has 17 heavy (non-hydrogen) atoms. The van der Waals surface area contributed by atoms with E-state index in [-0.39, 0.29) is 18.5 Å². The monoisotopic (exact) mass is 240 g/mol. The topological polar surface area (TPSA) is 49.5 Å². The summed E-state index contributed by atoms with van der Waals surface area (Å²) < 4.78 is 13.9. The highest BCUT2D eigenvalue weighted by Crippen LogP contribution is 2.31. The number of halogens is 1. The van der Waals surface area contributed by atoms with Gasteiger partial charge < -0.3 is 15.7 Å². The van der Waals surface area contributed by atoms with Gasteiger partial charge in [0.1, 0.15) is 5.82 Å². The van der Waals surface area contributed by atoms with Crippen molar-refractivity contribution in [3.63, 3.8) is 0 Å². The summed E-state index contributed by atoms with van der Waals surface area (Å²) in [6.45, 7) is 5.46. The van der Waals surface area contributed by atoms with Crippen molar-refractivity contribution in [2.45, 2.75) is 32.4 Å². The smallest absolute Gasteiger partial charge is 0.146 e. The molecule has 0 amide bonds. The van der Waals surface area contributed by atoms with Crippen LogP contribution in [-0.4, -0.2) is 24.3 Å². The number of para-hydroxylation sites is 1. The van der Waals surface area contributed by atoms with Gasteiger partial charge in [-0.15, -0.1) is 0 Å². The molecule has 1 rings (SSSR count). The molecule has 0 unspecified atom stereocenters. The molecular weight excluding hydrogens is 219 g/mol. The van der Waals surface area contributed by atoms with E-state index >= 15 is 0 Å². The standard InChI is InChI=1S/C13H21FN2O/c1-9(15)10-6-5-7-11(14)12(10)16(4)13(2,3)8-17/h5-7,9,17H,8,15H2,1-4H3/t9-/m0/s1. The summed E-state index contributed by atoms with van der Waals surface area (Å²) >= 11 is 0. The number of rotatable bonds is 4. The Morgan fingerprint density at radius 3 is 2.53 bits per heavy atom. The number of benzene rings is 1. The third-order valence-electron chi connectivity index (χ3n) is 3.14. The predicted octanol–water partition coefficient (Wildman–Crippen LogP) is 2.05. The second-order valence-corrected chi connectivity index (χ2v) is 5.00. The highest BCUT2D eigenvalue weighted by Gasteiger charge is 2.27. The van der Waals surface area contributed by atoms with Crippen LogP contribution in [0, 0.1) is 5.82 Å². The van der Waals surface area contributed by atoms with Crippen LogP contribution in [0.4, 0.5) is 10.1 Å². The maximum Gasteiger partial charge on any atom is 0.146 e. The summed E-state index contributed by atoms with van der Waals surface area (Å²) in [6.07, 6.45) is 0. The Labute approximate surface area is 102 Å². The summed E-state index contributed by atoms with van der Waals surface area (Å²) in [5, 5.41) is 9.35. The summed E-state index contributed by atoms with van der Waals surface area (Å²) in [4.78, 5) is 1.74. The fourth-order valence-corrected chi connectivity index (χ4v) is 1.66. The molecule has 0 saturated heterocycles. The van der Waals surface area contributed by atoms with Crippen molar-refractivity contribution in [1.82, 2.24) is 0 Å². The minimum atomic E-state index is -0.536. The van der Waals surface area contributed by atoms with Crippen LogP contribution in [0.25, 0.3) is 0 Å². The molecule has 0 heterocycles. The Balaban J connectivity index is 3.29. The maximum absolute atomic E-state index is 13.9. The van der Waals surface area contributed by atoms with E-state index in [1.807, 2.05) is 26.8 Å². The van der Waals surface area contributed by atoms with Gasteiger partial charge in [0.2, 0.25) is 0 Å². The Morgan fingerprint density at radius 2 is 2.06 bits per heavy atom. The second kappa shape index (κ2) is 5.02. The van der Waals surface area contributed by atoms with Gasteiger partial charge in [-0.05, 0) is 32.4 Å². The van der Waals surface area contributed by atoms with Crippen LogP contribution < -0.4 is 10.6 Å². The summed E-state index contributed by atoms with van der Waals surface area (Å²) in [7, 11) is 1.76. The van der Waals surface area contributed by atoms with Crippen molar-refractivity contribution in [2.75, 3.05) is 18.6 Å². The zero-order chi connectivity index (χ0) is 13.2. The highest BCUT2D eigenvalue weighted by molar-refractivity contribution is 5.57. The van der Waals surface area contributed by atoms with E-state index in [1.165, 1.54) is 6.07 Å². The molecule has 96 valence electrons. The first-order chi connectivity index (χ1) is 7.81. The molecular formula is C13H21FN2O. The van der Waals surface area contributed by atoms with Crippen molar-refractivity contribution in [3.05, 3.63) is 29.6 Å². The number of nitrogens with zero attached hydrogens (tertiary/aromatic N) is 1. The van der Waals surface area contributed by atoms with Crippen LogP contribution in [0.15, 0.2) is 18.2 Å². The average Bonchev–Trinajstić information content (AvgIpc) is 2.27. The van der Waals surface area contributed by atoms with Gasteiger partial charge in [-0.25, -0.2) is 4.39 Å². The first-order valence-electron chi connectivity index (χ1n) is 5.70. The van der Waals surface area contributed by atoms with Gasteiger partial charge in [-0.1, -0.05) is 12.1 Å². The summed E-state index contributed by atoms with van der Waals surface area (Å²) in [6, 6.07) is 4.62. The Bertz CT molecular complexity index is 391. The molecule has 0 spiro atoms. The lowest BCUT2D eigenvalue weighted by molar-refractivity contribution is 0.215. The van der Waals surface area contributed by atoms with E-state index in [0.29, 0.717) is 5.69 Å². The van der Waals surface area contributed by atoms with Gasteiger partial charge in [-0.3, -0.25) is 0 Å². The lowest BCUT2D eigenvalue weighted by Crippen LogP contribution is -2.45. The minimum Gasteiger partial charge on any atom is -0.394 e. The molecule has 4 heteroatoms. The van der Waals surface area contributed by atoms with Crippen LogP contribution in [0.2, 0.25) is 0 Å². The van der Waals surface area contributed by atoms with Gasteiger partial charge in [0.15, 0.2) is 0 Å². The van der Waals surface area contributed by atoms with Gasteiger partial charge in [0.05, 0.1) is 17.8 Å². The molecule has 0 aromatic heterocycles. The van der Waals surface area contributed by atoms with Crippen LogP contribution in [0.3, 0.4) is 0 Å². The number of likely N-dealkylation sites (N-methyl/N-ethyl adjacent to an activating group) is 1. The molecule has 0 saturated carbocycles. The molecule has 0 aliphatic carbocycles. The predicted molar refractivity (Wildman–Crippen MR) is 68.6 cm³/mol. The SMILES string of the molecule is C[C@H](N)c1cccc(F)c1N(C)C(C)(C)CO. The number of aliphatic hydroxyl groups excluding tert-OH is 1. The zero-order valence-electron chi connectivity index (χ0n) is 10.9. The molecule has 0 aliphatic rings. The van der Waals surface area contributed by atoms with Gasteiger partial charge in [0, 0.05) is 13.1 Å². The third kappa shape index (κ3) is 2.76. The van der Waals surface area contributed by atoms with Gasteiger partial charge in [0.25, 0.3) is 0 Å². The Morgan fingerprint density at radius 1 is 1.47 bits per heavy atom. The molecule has 3 nitrogen and oxygen atoms in total. The second-order valence-electron chi connectivity index (χ2n) is 5.00. The third-order valence-corrected chi connectivity index (χ3v) is 3.14. The highest BCUT2D eigenvalue weighted by atomic mass is 19.1. The molecule has 1 aromatic carbocycles. The van der Waals surface area contributed by atoms with E-state index in [0.717, 1.165) is 5.56 Å². The maximum atomic E-state index is 13.9. The number of hydrogen-bond acceptors (Lipinski definition) is 3. The van der Waals surface area contributed by atoms with Crippen molar-refractivity contribution in [3.8, 4) is 0 Å². The van der Waals surface area contributed by atoms with E-state index in [1.54, 1.807) is 18.0 Å². The first-order valence-corrected chi connectivity index (χ1v) is 5.70. The quantitative estimate of drug-likeness (QED) is 0.847. The fraction of sp³-hybridized carbons (Fsp3) is 0.538. The van der Waals surface area contributed by atoms with Crippen LogP contribution in [0.5, 0.6) is 0 Å². The van der Waals surface area contributed by atoms with Crippen LogP contribution in [0.1, 0.15) is 32.4 Å². The molecule has 0 aliphatic heterocycles. The number of aliphatic hydroxyl groups is 1. The van der Waals surface area contributed by atoms with Crippen molar-refractivity contribution in [2.24, 2.45) is 5.73 Å². The lowest BCUT2D eigenvalue weighted by Gasteiger charge is -2.37. The zero-order valence-corrected chi connectivity index (χ0v) is 10.9. The fourth-order valence-electron chi connectivity index (χ4n) is 1.66. The van der Waals surface area contributed by atoms with E-state index in [4.69, 9.17) is 5.73 Å².